The summed E-state index contributed by atoms with van der Waals surface area (Å²) in [4.78, 5) is 2.18. The quantitative estimate of drug-likeness (QED) is 0.596. The predicted octanol–water partition coefficient (Wildman–Crippen LogP) is 2.08. The maximum Gasteiger partial charge on any atom is 0.127 e. The molecule has 0 aromatic heterocycles. The Hall–Kier alpha value is -0.110. The second kappa shape index (κ2) is 3.10. The van der Waals surface area contributed by atoms with Crippen LogP contribution in [0.4, 0.5) is 4.39 Å². The third-order valence-electron chi connectivity index (χ3n) is 2.81. The fraction of sp³-hybridized carbons (Fsp3) is 1.00. The Balaban J connectivity index is 2.50. The largest absolute Gasteiger partial charge is 0.300 e. The fourth-order valence-electron chi connectivity index (χ4n) is 1.61. The fourth-order valence-corrected chi connectivity index (χ4v) is 1.61. The molecule has 0 spiro atoms. The van der Waals surface area contributed by atoms with E-state index in [4.69, 9.17) is 0 Å². The molecular formula is C9H18FN. The molecule has 66 valence electrons. The predicted molar refractivity (Wildman–Crippen MR) is 45.4 cm³/mol. The third kappa shape index (κ3) is 1.73. The van der Waals surface area contributed by atoms with Gasteiger partial charge in [-0.2, -0.15) is 0 Å². The Morgan fingerprint density at radius 1 is 1.55 bits per heavy atom. The van der Waals surface area contributed by atoms with Gasteiger partial charge in [0.15, 0.2) is 0 Å². The molecule has 0 bridgehead atoms. The number of hydrogen-bond acceptors (Lipinski definition) is 1. The second-order valence-electron chi connectivity index (χ2n) is 3.81. The number of hydrogen-bond donors (Lipinski definition) is 0. The van der Waals surface area contributed by atoms with E-state index in [0.29, 0.717) is 6.54 Å². The van der Waals surface area contributed by atoms with Crippen molar-refractivity contribution < 1.29 is 4.39 Å². The van der Waals surface area contributed by atoms with Crippen LogP contribution in [0.1, 0.15) is 27.2 Å². The zero-order valence-electron chi connectivity index (χ0n) is 7.73. The monoisotopic (exact) mass is 159 g/mol. The van der Waals surface area contributed by atoms with Crippen LogP contribution < -0.4 is 0 Å². The zero-order valence-corrected chi connectivity index (χ0v) is 7.73. The van der Waals surface area contributed by atoms with Crippen molar-refractivity contribution in [3.05, 3.63) is 0 Å². The lowest BCUT2D eigenvalue weighted by atomic mass is 9.92. The van der Waals surface area contributed by atoms with Gasteiger partial charge in [-0.1, -0.05) is 20.8 Å². The minimum absolute atomic E-state index is 0.166. The van der Waals surface area contributed by atoms with Crippen molar-refractivity contribution in [3.8, 4) is 0 Å². The first-order chi connectivity index (χ1) is 5.08. The molecule has 11 heavy (non-hydrogen) atoms. The molecule has 0 saturated carbocycles. The molecule has 1 atom stereocenters. The highest BCUT2D eigenvalue weighted by atomic mass is 19.1. The average molecular weight is 159 g/mol. The molecule has 0 aromatic carbocycles. The van der Waals surface area contributed by atoms with Crippen molar-refractivity contribution in [3.63, 3.8) is 0 Å². The molecule has 1 heterocycles. The van der Waals surface area contributed by atoms with E-state index in [0.717, 1.165) is 19.5 Å². The summed E-state index contributed by atoms with van der Waals surface area (Å²) in [5, 5.41) is 0. The van der Waals surface area contributed by atoms with Crippen LogP contribution in [0.2, 0.25) is 0 Å². The molecule has 1 aliphatic rings. The van der Waals surface area contributed by atoms with Crippen LogP contribution >= 0.6 is 0 Å². The van der Waals surface area contributed by atoms with Gasteiger partial charge in [-0.05, 0) is 18.9 Å². The minimum atomic E-state index is -0.907. The summed E-state index contributed by atoms with van der Waals surface area (Å²) < 4.78 is 13.8. The van der Waals surface area contributed by atoms with Crippen molar-refractivity contribution in [2.45, 2.75) is 32.9 Å². The van der Waals surface area contributed by atoms with Crippen LogP contribution in [-0.2, 0) is 0 Å². The summed E-state index contributed by atoms with van der Waals surface area (Å²) in [5.41, 5.74) is -0.907. The lowest BCUT2D eigenvalue weighted by Crippen LogP contribution is -2.33. The first kappa shape index (κ1) is 8.98. The molecule has 1 saturated heterocycles. The highest BCUT2D eigenvalue weighted by Crippen LogP contribution is 2.32. The number of likely N-dealkylation sites (tertiary alicyclic amines) is 1. The Labute approximate surface area is 68.6 Å². The van der Waals surface area contributed by atoms with E-state index in [1.807, 2.05) is 13.8 Å². The van der Waals surface area contributed by atoms with E-state index < -0.39 is 5.67 Å². The number of rotatable bonds is 2. The number of nitrogens with zero attached hydrogens (tertiary/aromatic N) is 1. The van der Waals surface area contributed by atoms with Gasteiger partial charge in [0.1, 0.15) is 5.67 Å². The van der Waals surface area contributed by atoms with Gasteiger partial charge in [0.05, 0.1) is 0 Å². The number of halogens is 1. The van der Waals surface area contributed by atoms with Crippen LogP contribution in [0.15, 0.2) is 0 Å². The minimum Gasteiger partial charge on any atom is -0.300 e. The van der Waals surface area contributed by atoms with Crippen molar-refractivity contribution >= 4 is 0 Å². The summed E-state index contributed by atoms with van der Waals surface area (Å²) in [7, 11) is 0. The molecule has 0 radical (unpaired) electrons. The zero-order chi connectivity index (χ0) is 8.48. The Morgan fingerprint density at radius 2 is 2.18 bits per heavy atom. The van der Waals surface area contributed by atoms with E-state index in [1.165, 1.54) is 0 Å². The molecule has 1 rings (SSSR count). The highest BCUT2D eigenvalue weighted by Gasteiger charge is 2.40. The van der Waals surface area contributed by atoms with E-state index in [2.05, 4.69) is 11.8 Å². The van der Waals surface area contributed by atoms with Crippen molar-refractivity contribution in [2.24, 2.45) is 5.92 Å². The van der Waals surface area contributed by atoms with Crippen molar-refractivity contribution in [1.29, 1.82) is 0 Å². The lowest BCUT2D eigenvalue weighted by molar-refractivity contribution is 0.109. The van der Waals surface area contributed by atoms with Gasteiger partial charge < -0.3 is 4.90 Å². The molecule has 0 N–H and O–H groups in total. The van der Waals surface area contributed by atoms with Crippen LogP contribution in [0.25, 0.3) is 0 Å². The molecule has 1 unspecified atom stereocenters. The van der Waals surface area contributed by atoms with Crippen LogP contribution in [0.3, 0.4) is 0 Å². The molecule has 1 fully saturated rings. The molecule has 2 heteroatoms. The van der Waals surface area contributed by atoms with Crippen molar-refractivity contribution in [1.82, 2.24) is 4.90 Å². The summed E-state index contributed by atoms with van der Waals surface area (Å²) in [6, 6.07) is 0. The molecule has 1 aliphatic heterocycles. The summed E-state index contributed by atoms with van der Waals surface area (Å²) in [6.45, 7) is 8.59. The second-order valence-corrected chi connectivity index (χ2v) is 3.81. The molecule has 1 nitrogen and oxygen atoms in total. The molecule has 0 aliphatic carbocycles. The Kier molecular flexibility index (Phi) is 2.53. The van der Waals surface area contributed by atoms with Gasteiger partial charge in [-0.3, -0.25) is 0 Å². The average Bonchev–Trinajstić information content (AvgIpc) is 2.33. The first-order valence-corrected chi connectivity index (χ1v) is 4.50. The summed E-state index contributed by atoms with van der Waals surface area (Å²) in [6.07, 6.45) is 0.721. The summed E-state index contributed by atoms with van der Waals surface area (Å²) in [5.74, 6) is 0.166. The van der Waals surface area contributed by atoms with E-state index in [9.17, 15) is 4.39 Å². The maximum absolute atomic E-state index is 13.8. The van der Waals surface area contributed by atoms with Crippen LogP contribution in [0, 0.1) is 5.92 Å². The SMILES string of the molecule is CCN1CCC(F)(C(C)C)C1. The molecule has 0 aromatic rings. The van der Waals surface area contributed by atoms with Gasteiger partial charge in [-0.15, -0.1) is 0 Å². The Bertz CT molecular complexity index is 136. The van der Waals surface area contributed by atoms with Gasteiger partial charge >= 0.3 is 0 Å². The molecule has 0 amide bonds. The maximum atomic E-state index is 13.8. The van der Waals surface area contributed by atoms with Gasteiger partial charge in [-0.25, -0.2) is 4.39 Å². The van der Waals surface area contributed by atoms with Crippen LogP contribution in [0.5, 0.6) is 0 Å². The van der Waals surface area contributed by atoms with Crippen molar-refractivity contribution in [2.75, 3.05) is 19.6 Å². The smallest absolute Gasteiger partial charge is 0.127 e. The molecular weight excluding hydrogens is 141 g/mol. The highest BCUT2D eigenvalue weighted by molar-refractivity contribution is 4.92. The normalized spacial score (nSPS) is 33.5. The van der Waals surface area contributed by atoms with Gasteiger partial charge in [0.25, 0.3) is 0 Å². The summed E-state index contributed by atoms with van der Waals surface area (Å²) >= 11 is 0. The standard InChI is InChI=1S/C9H18FN/c1-4-11-6-5-9(10,7-11)8(2)3/h8H,4-7H2,1-3H3. The van der Waals surface area contributed by atoms with E-state index >= 15 is 0 Å². The van der Waals surface area contributed by atoms with Crippen LogP contribution in [-0.4, -0.2) is 30.2 Å². The van der Waals surface area contributed by atoms with Gasteiger partial charge in [0, 0.05) is 13.1 Å². The van der Waals surface area contributed by atoms with E-state index in [1.54, 1.807) is 0 Å². The topological polar surface area (TPSA) is 3.24 Å². The Morgan fingerprint density at radius 3 is 2.45 bits per heavy atom. The third-order valence-corrected chi connectivity index (χ3v) is 2.81. The lowest BCUT2D eigenvalue weighted by Gasteiger charge is -2.24. The van der Waals surface area contributed by atoms with E-state index in [-0.39, 0.29) is 5.92 Å². The van der Waals surface area contributed by atoms with Gasteiger partial charge in [0.2, 0.25) is 0 Å². The number of alkyl halides is 1. The first-order valence-electron chi connectivity index (χ1n) is 4.50.